The van der Waals surface area contributed by atoms with E-state index in [0.29, 0.717) is 24.7 Å². The van der Waals surface area contributed by atoms with Crippen LogP contribution in [-0.2, 0) is 11.3 Å². The topological polar surface area (TPSA) is 97.3 Å². The van der Waals surface area contributed by atoms with Crippen LogP contribution in [0.3, 0.4) is 0 Å². The van der Waals surface area contributed by atoms with Crippen molar-refractivity contribution in [3.05, 3.63) is 18.4 Å². The summed E-state index contributed by atoms with van der Waals surface area (Å²) < 4.78 is 5.16. The molecule has 0 saturated carbocycles. The molecule has 1 aliphatic heterocycles. The predicted octanol–water partition coefficient (Wildman–Crippen LogP) is -0.226. The molecule has 0 bridgehead atoms. The Morgan fingerprint density at radius 2 is 2.45 bits per heavy atom. The smallest absolute Gasteiger partial charge is 0.246 e. The van der Waals surface area contributed by atoms with Crippen molar-refractivity contribution >= 4 is 5.91 Å². The Morgan fingerprint density at radius 1 is 1.55 bits per heavy atom. The van der Waals surface area contributed by atoms with Crippen LogP contribution in [0.4, 0.5) is 0 Å². The fourth-order valence-corrected chi connectivity index (χ4v) is 2.24. The standard InChI is InChI=1S/C12H15N5O3/c18-8-9-3-4-16(6-9)11(19)7-17-14-12(13-15-17)10-2-1-5-20-10/h1-2,5,9,18H,3-4,6-8H2. The summed E-state index contributed by atoms with van der Waals surface area (Å²) in [6.07, 6.45) is 2.37. The lowest BCUT2D eigenvalue weighted by Gasteiger charge is -2.15. The van der Waals surface area contributed by atoms with E-state index in [1.54, 1.807) is 17.0 Å². The number of carbonyl (C=O) groups excluding carboxylic acids is 1. The fraction of sp³-hybridized carbons (Fsp3) is 0.500. The molecule has 8 heteroatoms. The number of tetrazole rings is 1. The van der Waals surface area contributed by atoms with E-state index in [-0.39, 0.29) is 25.0 Å². The van der Waals surface area contributed by atoms with Gasteiger partial charge in [-0.3, -0.25) is 4.79 Å². The van der Waals surface area contributed by atoms with Gasteiger partial charge in [0.2, 0.25) is 11.7 Å². The minimum atomic E-state index is -0.0654. The van der Waals surface area contributed by atoms with E-state index < -0.39 is 0 Å². The molecule has 0 spiro atoms. The lowest BCUT2D eigenvalue weighted by Crippen LogP contribution is -2.32. The van der Waals surface area contributed by atoms with Gasteiger partial charge in [-0.2, -0.15) is 4.80 Å². The van der Waals surface area contributed by atoms with Gasteiger partial charge in [0.25, 0.3) is 0 Å². The molecule has 1 saturated heterocycles. The van der Waals surface area contributed by atoms with Gasteiger partial charge in [-0.1, -0.05) is 0 Å². The molecule has 0 aliphatic carbocycles. The Morgan fingerprint density at radius 3 is 3.15 bits per heavy atom. The van der Waals surface area contributed by atoms with Crippen LogP contribution in [0.2, 0.25) is 0 Å². The highest BCUT2D eigenvalue weighted by atomic mass is 16.3. The van der Waals surface area contributed by atoms with Crippen LogP contribution < -0.4 is 0 Å². The van der Waals surface area contributed by atoms with E-state index in [1.807, 2.05) is 0 Å². The normalized spacial score (nSPS) is 18.6. The Labute approximate surface area is 115 Å². The third-order valence-corrected chi connectivity index (χ3v) is 3.37. The van der Waals surface area contributed by atoms with Crippen LogP contribution in [0, 0.1) is 5.92 Å². The van der Waals surface area contributed by atoms with Crippen LogP contribution in [0.25, 0.3) is 11.6 Å². The highest BCUT2D eigenvalue weighted by Gasteiger charge is 2.26. The predicted molar refractivity (Wildman–Crippen MR) is 67.3 cm³/mol. The fourth-order valence-electron chi connectivity index (χ4n) is 2.24. The summed E-state index contributed by atoms with van der Waals surface area (Å²) >= 11 is 0. The Bertz CT molecular complexity index is 580. The second-order valence-corrected chi connectivity index (χ2v) is 4.80. The summed E-state index contributed by atoms with van der Waals surface area (Å²) in [5, 5.41) is 20.9. The molecule has 2 aromatic heterocycles. The van der Waals surface area contributed by atoms with E-state index in [0.717, 1.165) is 6.42 Å². The SMILES string of the molecule is O=C(Cn1nnc(-c2ccco2)n1)N1CCC(CO)C1. The molecule has 1 atom stereocenters. The average molecular weight is 277 g/mol. The average Bonchev–Trinajstić information content (AvgIpc) is 3.19. The minimum Gasteiger partial charge on any atom is -0.461 e. The first-order chi connectivity index (χ1) is 9.76. The lowest BCUT2D eigenvalue weighted by atomic mass is 10.1. The van der Waals surface area contributed by atoms with Gasteiger partial charge >= 0.3 is 0 Å². The summed E-state index contributed by atoms with van der Waals surface area (Å²) in [7, 11) is 0. The zero-order valence-electron chi connectivity index (χ0n) is 10.8. The van der Waals surface area contributed by atoms with Crippen molar-refractivity contribution in [1.29, 1.82) is 0 Å². The van der Waals surface area contributed by atoms with E-state index >= 15 is 0 Å². The molecule has 1 aliphatic rings. The number of rotatable bonds is 4. The highest BCUT2D eigenvalue weighted by Crippen LogP contribution is 2.16. The van der Waals surface area contributed by atoms with Gasteiger partial charge in [-0.15, -0.1) is 10.2 Å². The maximum atomic E-state index is 12.1. The van der Waals surface area contributed by atoms with Crippen molar-refractivity contribution < 1.29 is 14.3 Å². The van der Waals surface area contributed by atoms with E-state index in [1.165, 1.54) is 11.1 Å². The molecular weight excluding hydrogens is 262 g/mol. The number of nitrogens with zero attached hydrogens (tertiary/aromatic N) is 5. The van der Waals surface area contributed by atoms with Crippen molar-refractivity contribution in [2.24, 2.45) is 5.92 Å². The van der Waals surface area contributed by atoms with Crippen molar-refractivity contribution in [1.82, 2.24) is 25.1 Å². The quantitative estimate of drug-likeness (QED) is 0.829. The van der Waals surface area contributed by atoms with Crippen molar-refractivity contribution in [2.75, 3.05) is 19.7 Å². The molecule has 8 nitrogen and oxygen atoms in total. The summed E-state index contributed by atoms with van der Waals surface area (Å²) in [6, 6.07) is 3.47. The number of aliphatic hydroxyl groups excluding tert-OH is 1. The van der Waals surface area contributed by atoms with Crippen LogP contribution in [0.5, 0.6) is 0 Å². The molecule has 1 amide bonds. The molecule has 2 aromatic rings. The number of furan rings is 1. The Kier molecular flexibility index (Phi) is 3.46. The molecule has 3 heterocycles. The molecule has 3 rings (SSSR count). The number of aromatic nitrogens is 4. The summed E-state index contributed by atoms with van der Waals surface area (Å²) in [4.78, 5) is 15.0. The van der Waals surface area contributed by atoms with Gasteiger partial charge < -0.3 is 14.4 Å². The van der Waals surface area contributed by atoms with E-state index in [4.69, 9.17) is 9.52 Å². The molecule has 20 heavy (non-hydrogen) atoms. The lowest BCUT2D eigenvalue weighted by molar-refractivity contribution is -0.131. The molecule has 1 fully saturated rings. The molecular formula is C12H15N5O3. The largest absolute Gasteiger partial charge is 0.461 e. The van der Waals surface area contributed by atoms with E-state index in [2.05, 4.69) is 15.4 Å². The third-order valence-electron chi connectivity index (χ3n) is 3.37. The van der Waals surface area contributed by atoms with Gasteiger partial charge in [-0.25, -0.2) is 0 Å². The zero-order valence-corrected chi connectivity index (χ0v) is 10.8. The number of likely N-dealkylation sites (tertiary alicyclic amines) is 1. The summed E-state index contributed by atoms with van der Waals surface area (Å²) in [5.74, 6) is 0.994. The highest BCUT2D eigenvalue weighted by molar-refractivity contribution is 5.76. The summed E-state index contributed by atoms with van der Waals surface area (Å²) in [5.41, 5.74) is 0. The van der Waals surface area contributed by atoms with Crippen molar-refractivity contribution in [3.8, 4) is 11.6 Å². The van der Waals surface area contributed by atoms with Crippen molar-refractivity contribution in [3.63, 3.8) is 0 Å². The number of aliphatic hydroxyl groups is 1. The van der Waals surface area contributed by atoms with Crippen LogP contribution in [0.1, 0.15) is 6.42 Å². The molecule has 106 valence electrons. The summed E-state index contributed by atoms with van der Waals surface area (Å²) in [6.45, 7) is 1.43. The first kappa shape index (κ1) is 12.8. The minimum absolute atomic E-state index is 0.0475. The molecule has 1 N–H and O–H groups in total. The van der Waals surface area contributed by atoms with E-state index in [9.17, 15) is 4.79 Å². The first-order valence-corrected chi connectivity index (χ1v) is 6.46. The zero-order chi connectivity index (χ0) is 13.9. The van der Waals surface area contributed by atoms with Crippen molar-refractivity contribution in [2.45, 2.75) is 13.0 Å². The van der Waals surface area contributed by atoms with Crippen LogP contribution >= 0.6 is 0 Å². The number of hydrogen-bond acceptors (Lipinski definition) is 6. The molecule has 1 unspecified atom stereocenters. The number of hydrogen-bond donors (Lipinski definition) is 1. The number of amides is 1. The van der Waals surface area contributed by atoms with Crippen LogP contribution in [-0.4, -0.2) is 55.8 Å². The van der Waals surface area contributed by atoms with Gasteiger partial charge in [-0.05, 0) is 23.8 Å². The van der Waals surface area contributed by atoms with Gasteiger partial charge in [0.15, 0.2) is 5.76 Å². The number of carbonyl (C=O) groups is 1. The third kappa shape index (κ3) is 2.55. The maximum absolute atomic E-state index is 12.1. The van der Waals surface area contributed by atoms with Gasteiger partial charge in [0, 0.05) is 25.6 Å². The van der Waals surface area contributed by atoms with Crippen LogP contribution in [0.15, 0.2) is 22.8 Å². The molecule has 0 radical (unpaired) electrons. The second kappa shape index (κ2) is 5.41. The Hall–Kier alpha value is -2.22. The monoisotopic (exact) mass is 277 g/mol. The molecule has 0 aromatic carbocycles. The second-order valence-electron chi connectivity index (χ2n) is 4.80. The van der Waals surface area contributed by atoms with Gasteiger partial charge in [0.1, 0.15) is 6.54 Å². The maximum Gasteiger partial charge on any atom is 0.246 e. The Balaban J connectivity index is 1.62. The van der Waals surface area contributed by atoms with Gasteiger partial charge in [0.05, 0.1) is 6.26 Å². The first-order valence-electron chi connectivity index (χ1n) is 6.46.